The van der Waals surface area contributed by atoms with E-state index in [1.807, 2.05) is 72.8 Å². The molecule has 3 N–H and O–H groups in total. The van der Waals surface area contributed by atoms with Gasteiger partial charge in [0, 0.05) is 40.9 Å². The Labute approximate surface area is 196 Å². The molecule has 8 heteroatoms. The molecule has 0 atom stereocenters. The minimum absolute atomic E-state index is 0.408. The van der Waals surface area contributed by atoms with Crippen molar-refractivity contribution in [3.63, 3.8) is 0 Å². The molecule has 2 aromatic carbocycles. The molecule has 3 heterocycles. The van der Waals surface area contributed by atoms with Crippen molar-refractivity contribution in [1.29, 1.82) is 0 Å². The zero-order valence-electron chi connectivity index (χ0n) is 18.4. The fourth-order valence-electron chi connectivity index (χ4n) is 3.79. The van der Waals surface area contributed by atoms with Gasteiger partial charge in [-0.15, -0.1) is 0 Å². The quantitative estimate of drug-likeness (QED) is 0.277. The van der Waals surface area contributed by atoms with E-state index in [4.69, 9.17) is 9.51 Å². The van der Waals surface area contributed by atoms with E-state index in [1.54, 1.807) is 0 Å². The smallest absolute Gasteiger partial charge is 0.225 e. The molecule has 34 heavy (non-hydrogen) atoms. The molecule has 1 fully saturated rings. The third kappa shape index (κ3) is 4.52. The number of H-pyrrole nitrogens is 1. The Morgan fingerprint density at radius 1 is 0.824 bits per heavy atom. The Kier molecular flexibility index (Phi) is 5.23. The van der Waals surface area contributed by atoms with Gasteiger partial charge in [-0.1, -0.05) is 65.8 Å². The first-order chi connectivity index (χ1) is 16.8. The monoisotopic (exact) mass is 449 g/mol. The fraction of sp³-hybridized carbons (Fsp3) is 0.154. The summed E-state index contributed by atoms with van der Waals surface area (Å²) in [5.74, 6) is 3.19. The van der Waals surface area contributed by atoms with E-state index in [1.165, 1.54) is 12.8 Å². The molecule has 0 aliphatic heterocycles. The minimum atomic E-state index is 0.408. The van der Waals surface area contributed by atoms with Gasteiger partial charge in [-0.3, -0.25) is 5.10 Å². The fourth-order valence-corrected chi connectivity index (χ4v) is 3.79. The molecule has 1 aliphatic rings. The molecule has 6 rings (SSSR count). The lowest BCUT2D eigenvalue weighted by atomic mass is 10.1. The summed E-state index contributed by atoms with van der Waals surface area (Å²) in [6.45, 7) is 0.408. The molecule has 5 aromatic rings. The van der Waals surface area contributed by atoms with E-state index in [9.17, 15) is 0 Å². The number of anilines is 3. The van der Waals surface area contributed by atoms with Crippen LogP contribution in [0.1, 0.15) is 30.2 Å². The Morgan fingerprint density at radius 3 is 2.29 bits per heavy atom. The number of rotatable bonds is 8. The molecule has 3 aromatic heterocycles. The van der Waals surface area contributed by atoms with Gasteiger partial charge < -0.3 is 15.2 Å². The predicted molar refractivity (Wildman–Crippen MR) is 131 cm³/mol. The molecular formula is C26H23N7O. The van der Waals surface area contributed by atoms with Crippen molar-refractivity contribution in [3.8, 4) is 22.5 Å². The molecule has 8 nitrogen and oxygen atoms in total. The van der Waals surface area contributed by atoms with E-state index in [2.05, 4.69) is 37.0 Å². The summed E-state index contributed by atoms with van der Waals surface area (Å²) in [4.78, 5) is 9.37. The first-order valence-corrected chi connectivity index (χ1v) is 11.3. The summed E-state index contributed by atoms with van der Waals surface area (Å²) in [6, 6.07) is 25.9. The SMILES string of the molecule is c1ccc(-c2cc(CNc3nc(Nc4cc(C5CC5)[nH]n4)cc(-c4ccccc4)n3)on2)cc1. The topological polar surface area (TPSA) is 105 Å². The van der Waals surface area contributed by atoms with Crippen LogP contribution < -0.4 is 10.6 Å². The van der Waals surface area contributed by atoms with Gasteiger partial charge in [0.25, 0.3) is 0 Å². The standard InChI is InChI=1S/C26H23N7O/c1-3-7-17(8-4-1)21-14-24(29-25-15-22(31-32-25)19-11-12-19)30-26(28-21)27-16-20-13-23(33-34-20)18-9-5-2-6-10-18/h1-10,13-15,19H,11-12,16H2,(H3,27,28,29,30,31,32). The minimum Gasteiger partial charge on any atom is -0.359 e. The van der Waals surface area contributed by atoms with E-state index in [0.717, 1.165) is 34.0 Å². The van der Waals surface area contributed by atoms with E-state index < -0.39 is 0 Å². The number of aromatic amines is 1. The molecular weight excluding hydrogens is 426 g/mol. The number of hydrogen-bond acceptors (Lipinski definition) is 7. The van der Waals surface area contributed by atoms with Gasteiger partial charge in [0.2, 0.25) is 5.95 Å². The summed E-state index contributed by atoms with van der Waals surface area (Å²) in [6.07, 6.45) is 2.43. The van der Waals surface area contributed by atoms with Crippen molar-refractivity contribution in [1.82, 2.24) is 25.3 Å². The van der Waals surface area contributed by atoms with Crippen molar-refractivity contribution >= 4 is 17.6 Å². The van der Waals surface area contributed by atoms with E-state index >= 15 is 0 Å². The predicted octanol–water partition coefficient (Wildman–Crippen LogP) is 5.75. The second-order valence-electron chi connectivity index (χ2n) is 8.33. The number of benzene rings is 2. The van der Waals surface area contributed by atoms with Gasteiger partial charge in [0.1, 0.15) is 11.5 Å². The Balaban J connectivity index is 1.24. The maximum atomic E-state index is 5.51. The van der Waals surface area contributed by atoms with Crippen molar-refractivity contribution in [2.45, 2.75) is 25.3 Å². The molecule has 1 saturated carbocycles. The lowest BCUT2D eigenvalue weighted by molar-refractivity contribution is 0.390. The third-order valence-electron chi connectivity index (χ3n) is 5.72. The molecule has 0 spiro atoms. The highest BCUT2D eigenvalue weighted by Crippen LogP contribution is 2.39. The first kappa shape index (κ1) is 20.2. The Hall–Kier alpha value is -4.46. The zero-order chi connectivity index (χ0) is 22.7. The van der Waals surface area contributed by atoms with Crippen LogP contribution in [0.15, 0.2) is 83.4 Å². The van der Waals surface area contributed by atoms with Gasteiger partial charge in [-0.05, 0) is 12.8 Å². The van der Waals surface area contributed by atoms with Crippen LogP contribution in [0, 0.1) is 0 Å². The molecule has 0 unspecified atom stereocenters. The van der Waals surface area contributed by atoms with E-state index in [-0.39, 0.29) is 0 Å². The van der Waals surface area contributed by atoms with Gasteiger partial charge in [0.15, 0.2) is 11.6 Å². The van der Waals surface area contributed by atoms with Crippen molar-refractivity contribution in [2.75, 3.05) is 10.6 Å². The Bertz CT molecular complexity index is 1390. The number of aromatic nitrogens is 5. The summed E-state index contributed by atoms with van der Waals surface area (Å²) in [5.41, 5.74) is 4.78. The lowest BCUT2D eigenvalue weighted by Gasteiger charge is -2.10. The second kappa shape index (κ2) is 8.82. The van der Waals surface area contributed by atoms with Crippen LogP contribution in [-0.4, -0.2) is 25.3 Å². The van der Waals surface area contributed by atoms with Gasteiger partial charge in [0.05, 0.1) is 12.2 Å². The van der Waals surface area contributed by atoms with Crippen molar-refractivity contribution in [2.24, 2.45) is 0 Å². The third-order valence-corrected chi connectivity index (χ3v) is 5.72. The molecule has 0 amide bonds. The van der Waals surface area contributed by atoms with Crippen LogP contribution in [-0.2, 0) is 6.54 Å². The van der Waals surface area contributed by atoms with Gasteiger partial charge in [-0.2, -0.15) is 10.1 Å². The van der Waals surface area contributed by atoms with Crippen LogP contribution >= 0.6 is 0 Å². The second-order valence-corrected chi connectivity index (χ2v) is 8.33. The number of nitrogens with one attached hydrogen (secondary N) is 3. The summed E-state index contributed by atoms with van der Waals surface area (Å²) in [7, 11) is 0. The van der Waals surface area contributed by atoms with Crippen molar-refractivity contribution < 1.29 is 4.52 Å². The molecule has 168 valence electrons. The molecule has 0 saturated heterocycles. The highest BCUT2D eigenvalue weighted by molar-refractivity contribution is 5.66. The summed E-state index contributed by atoms with van der Waals surface area (Å²) < 4.78 is 5.51. The largest absolute Gasteiger partial charge is 0.359 e. The average Bonchev–Trinajstić information content (AvgIpc) is 3.44. The summed E-state index contributed by atoms with van der Waals surface area (Å²) >= 11 is 0. The van der Waals surface area contributed by atoms with E-state index in [0.29, 0.717) is 30.0 Å². The molecule has 0 radical (unpaired) electrons. The van der Waals surface area contributed by atoms with Crippen LogP contribution in [0.3, 0.4) is 0 Å². The Morgan fingerprint density at radius 2 is 1.56 bits per heavy atom. The highest BCUT2D eigenvalue weighted by atomic mass is 16.5. The van der Waals surface area contributed by atoms with Gasteiger partial charge in [-0.25, -0.2) is 4.98 Å². The van der Waals surface area contributed by atoms with Crippen LogP contribution in [0.4, 0.5) is 17.6 Å². The number of hydrogen-bond donors (Lipinski definition) is 3. The van der Waals surface area contributed by atoms with Crippen molar-refractivity contribution in [3.05, 3.63) is 90.3 Å². The first-order valence-electron chi connectivity index (χ1n) is 11.3. The van der Waals surface area contributed by atoms with Gasteiger partial charge >= 0.3 is 0 Å². The van der Waals surface area contributed by atoms with Crippen LogP contribution in [0.2, 0.25) is 0 Å². The highest BCUT2D eigenvalue weighted by Gasteiger charge is 2.25. The van der Waals surface area contributed by atoms with Crippen LogP contribution in [0.5, 0.6) is 0 Å². The molecule has 1 aliphatic carbocycles. The normalized spacial score (nSPS) is 13.1. The maximum absolute atomic E-state index is 5.51. The number of nitrogens with zero attached hydrogens (tertiary/aromatic N) is 4. The zero-order valence-corrected chi connectivity index (χ0v) is 18.4. The summed E-state index contributed by atoms with van der Waals surface area (Å²) in [5, 5.41) is 18.3. The molecule has 0 bridgehead atoms. The lowest BCUT2D eigenvalue weighted by Crippen LogP contribution is -2.06. The van der Waals surface area contributed by atoms with Crippen LogP contribution in [0.25, 0.3) is 22.5 Å². The maximum Gasteiger partial charge on any atom is 0.225 e. The average molecular weight is 450 g/mol.